The van der Waals surface area contributed by atoms with Gasteiger partial charge in [-0.25, -0.2) is 0 Å². The molecule has 0 saturated carbocycles. The van der Waals surface area contributed by atoms with Crippen molar-refractivity contribution in [3.05, 3.63) is 35.4 Å². The van der Waals surface area contributed by atoms with Gasteiger partial charge in [-0.3, -0.25) is 0 Å². The molecule has 0 heterocycles. The highest BCUT2D eigenvalue weighted by molar-refractivity contribution is 9.09. The van der Waals surface area contributed by atoms with Gasteiger partial charge in [0.1, 0.15) is 0 Å². The van der Waals surface area contributed by atoms with E-state index in [0.717, 1.165) is 24.5 Å². The zero-order chi connectivity index (χ0) is 12.2. The van der Waals surface area contributed by atoms with Crippen molar-refractivity contribution in [2.45, 2.75) is 37.2 Å². The van der Waals surface area contributed by atoms with E-state index in [0.29, 0.717) is 11.2 Å². The number of halogens is 4. The Morgan fingerprint density at radius 3 is 2.56 bits per heavy atom. The first-order chi connectivity index (χ1) is 7.39. The highest BCUT2D eigenvalue weighted by Crippen LogP contribution is 2.29. The summed E-state index contributed by atoms with van der Waals surface area (Å²) in [5.41, 5.74) is 0.194. The van der Waals surface area contributed by atoms with E-state index in [1.54, 1.807) is 6.07 Å². The molecule has 90 valence electrons. The Kier molecular flexibility index (Phi) is 4.84. The smallest absolute Gasteiger partial charge is 0.166 e. The van der Waals surface area contributed by atoms with Gasteiger partial charge in [0, 0.05) is 4.83 Å². The number of aryl methyl sites for hydroxylation is 1. The van der Waals surface area contributed by atoms with Crippen LogP contribution in [-0.2, 0) is 12.6 Å². The fourth-order valence-electron chi connectivity index (χ4n) is 1.49. The van der Waals surface area contributed by atoms with Gasteiger partial charge in [-0.2, -0.15) is 13.2 Å². The fourth-order valence-corrected chi connectivity index (χ4v) is 1.81. The van der Waals surface area contributed by atoms with Crippen LogP contribution in [0.4, 0.5) is 13.2 Å². The van der Waals surface area contributed by atoms with E-state index in [1.165, 1.54) is 12.1 Å². The predicted molar refractivity (Wildman–Crippen MR) is 62.8 cm³/mol. The summed E-state index contributed by atoms with van der Waals surface area (Å²) >= 11 is 3.41. The van der Waals surface area contributed by atoms with Crippen LogP contribution in [0.15, 0.2) is 24.3 Å². The van der Waals surface area contributed by atoms with Gasteiger partial charge in [0.15, 0.2) is 0 Å². The molecule has 1 aromatic carbocycles. The van der Waals surface area contributed by atoms with Crippen LogP contribution in [0.2, 0.25) is 0 Å². The summed E-state index contributed by atoms with van der Waals surface area (Å²) in [6, 6.07) is 5.55. The highest BCUT2D eigenvalue weighted by Gasteiger charge is 2.30. The molecule has 0 aliphatic carbocycles. The van der Waals surface area contributed by atoms with Gasteiger partial charge in [0.05, 0.1) is 5.56 Å². The molecular formula is C12H14BrF3. The molecule has 1 aromatic rings. The van der Waals surface area contributed by atoms with Crippen molar-refractivity contribution < 1.29 is 13.2 Å². The second kappa shape index (κ2) is 5.71. The van der Waals surface area contributed by atoms with Crippen LogP contribution in [0.5, 0.6) is 0 Å². The lowest BCUT2D eigenvalue weighted by atomic mass is 10.0. The Morgan fingerprint density at radius 1 is 1.31 bits per heavy atom. The monoisotopic (exact) mass is 294 g/mol. The molecule has 0 nitrogen and oxygen atoms in total. The normalized spacial score (nSPS) is 13.8. The second-order valence-corrected chi connectivity index (χ2v) is 5.43. The van der Waals surface area contributed by atoms with Gasteiger partial charge in [-0.1, -0.05) is 41.1 Å². The zero-order valence-corrected chi connectivity index (χ0v) is 10.6. The molecule has 0 amide bonds. The molecule has 0 aromatic heterocycles. The van der Waals surface area contributed by atoms with E-state index in [9.17, 15) is 13.2 Å². The third-order valence-electron chi connectivity index (χ3n) is 2.32. The molecule has 4 heteroatoms. The Balaban J connectivity index is 2.61. The number of rotatable bonds is 4. The Hall–Kier alpha value is -0.510. The van der Waals surface area contributed by atoms with E-state index in [-0.39, 0.29) is 0 Å². The maximum Gasteiger partial charge on any atom is 0.416 e. The van der Waals surface area contributed by atoms with Crippen molar-refractivity contribution >= 4 is 15.9 Å². The lowest BCUT2D eigenvalue weighted by Crippen LogP contribution is -2.05. The molecule has 0 aliphatic rings. The molecule has 1 atom stereocenters. The van der Waals surface area contributed by atoms with Crippen molar-refractivity contribution in [2.24, 2.45) is 0 Å². The van der Waals surface area contributed by atoms with Gasteiger partial charge < -0.3 is 0 Å². The molecule has 0 aliphatic heterocycles. The summed E-state index contributed by atoms with van der Waals surface area (Å²) in [6.45, 7) is 2.03. The predicted octanol–water partition coefficient (Wildman–Crippen LogP) is 4.81. The molecule has 1 unspecified atom stereocenters. The van der Waals surface area contributed by atoms with Crippen molar-refractivity contribution in [3.8, 4) is 0 Å². The average molecular weight is 295 g/mol. The molecular weight excluding hydrogens is 281 g/mol. The van der Waals surface area contributed by atoms with Crippen LogP contribution in [0.3, 0.4) is 0 Å². The third-order valence-corrected chi connectivity index (χ3v) is 2.78. The van der Waals surface area contributed by atoms with Gasteiger partial charge in [0.25, 0.3) is 0 Å². The summed E-state index contributed by atoms with van der Waals surface area (Å²) in [5.74, 6) is 0. The largest absolute Gasteiger partial charge is 0.416 e. The van der Waals surface area contributed by atoms with Gasteiger partial charge in [-0.15, -0.1) is 0 Å². The van der Waals surface area contributed by atoms with E-state index >= 15 is 0 Å². The minimum absolute atomic E-state index is 0.415. The zero-order valence-electron chi connectivity index (χ0n) is 9.02. The lowest BCUT2D eigenvalue weighted by Gasteiger charge is -2.09. The van der Waals surface area contributed by atoms with E-state index < -0.39 is 11.7 Å². The first kappa shape index (κ1) is 13.6. The molecule has 16 heavy (non-hydrogen) atoms. The highest BCUT2D eigenvalue weighted by atomic mass is 79.9. The summed E-state index contributed by atoms with van der Waals surface area (Å²) in [6.07, 6.45) is -1.68. The van der Waals surface area contributed by atoms with Crippen LogP contribution in [0.1, 0.15) is 30.9 Å². The summed E-state index contributed by atoms with van der Waals surface area (Å²) < 4.78 is 37.2. The molecule has 0 bridgehead atoms. The molecule has 0 saturated heterocycles. The Morgan fingerprint density at radius 2 is 2.00 bits per heavy atom. The molecule has 0 fully saturated rings. The molecule has 0 radical (unpaired) electrons. The number of hydrogen-bond acceptors (Lipinski definition) is 0. The molecule has 0 spiro atoms. The quantitative estimate of drug-likeness (QED) is 0.699. The molecule has 1 rings (SSSR count). The number of alkyl halides is 4. The first-order valence-electron chi connectivity index (χ1n) is 5.20. The van der Waals surface area contributed by atoms with Gasteiger partial charge in [0.2, 0.25) is 0 Å². The Bertz CT molecular complexity index is 331. The minimum atomic E-state index is -4.24. The van der Waals surface area contributed by atoms with Crippen LogP contribution in [0, 0.1) is 0 Å². The van der Waals surface area contributed by atoms with Gasteiger partial charge in [-0.05, 0) is 30.9 Å². The minimum Gasteiger partial charge on any atom is -0.166 e. The summed E-state index contributed by atoms with van der Waals surface area (Å²) in [4.78, 5) is 0.415. The van der Waals surface area contributed by atoms with Crippen molar-refractivity contribution in [1.82, 2.24) is 0 Å². The third kappa shape index (κ3) is 4.56. The Labute approximate surface area is 102 Å². The fraction of sp³-hybridized carbons (Fsp3) is 0.500. The van der Waals surface area contributed by atoms with Crippen molar-refractivity contribution in [2.75, 3.05) is 0 Å². The van der Waals surface area contributed by atoms with Crippen LogP contribution < -0.4 is 0 Å². The van der Waals surface area contributed by atoms with E-state index in [2.05, 4.69) is 15.9 Å². The van der Waals surface area contributed by atoms with Crippen molar-refractivity contribution in [1.29, 1.82) is 0 Å². The maximum absolute atomic E-state index is 12.4. The maximum atomic E-state index is 12.4. The molecule has 0 N–H and O–H groups in total. The number of benzene rings is 1. The van der Waals surface area contributed by atoms with Crippen LogP contribution >= 0.6 is 15.9 Å². The topological polar surface area (TPSA) is 0 Å². The van der Waals surface area contributed by atoms with Crippen LogP contribution in [-0.4, -0.2) is 4.83 Å². The number of hydrogen-bond donors (Lipinski definition) is 0. The summed E-state index contributed by atoms with van der Waals surface area (Å²) in [7, 11) is 0. The lowest BCUT2D eigenvalue weighted by molar-refractivity contribution is -0.137. The summed E-state index contributed by atoms with van der Waals surface area (Å²) in [5, 5.41) is 0. The van der Waals surface area contributed by atoms with Gasteiger partial charge >= 0.3 is 6.18 Å². The average Bonchev–Trinajstić information content (AvgIpc) is 2.16. The standard InChI is InChI=1S/C12H14BrF3/c1-9(13)4-2-5-10-6-3-7-11(8-10)12(14,15)16/h3,6-9H,2,4-5H2,1H3. The van der Waals surface area contributed by atoms with E-state index in [1.807, 2.05) is 6.92 Å². The SMILES string of the molecule is CC(Br)CCCc1cccc(C(F)(F)F)c1. The van der Waals surface area contributed by atoms with Crippen molar-refractivity contribution in [3.63, 3.8) is 0 Å². The van der Waals surface area contributed by atoms with Crippen LogP contribution in [0.25, 0.3) is 0 Å². The second-order valence-electron chi connectivity index (χ2n) is 3.87. The first-order valence-corrected chi connectivity index (χ1v) is 6.11. The van der Waals surface area contributed by atoms with E-state index in [4.69, 9.17) is 0 Å².